The fourth-order valence-electron chi connectivity index (χ4n) is 1.77. The molecule has 0 fully saturated rings. The molecule has 19 heavy (non-hydrogen) atoms. The monoisotopic (exact) mass is 304 g/mol. The van der Waals surface area contributed by atoms with Crippen molar-refractivity contribution >= 4 is 10.4 Å². The summed E-state index contributed by atoms with van der Waals surface area (Å²) in [6, 6.07) is 0. The van der Waals surface area contributed by atoms with Crippen molar-refractivity contribution in [2.24, 2.45) is 5.92 Å². The summed E-state index contributed by atoms with van der Waals surface area (Å²) >= 11 is 0. The summed E-state index contributed by atoms with van der Waals surface area (Å²) in [5.41, 5.74) is 0. The van der Waals surface area contributed by atoms with Crippen LogP contribution >= 0.6 is 0 Å². The average molecular weight is 304 g/mol. The molecule has 1 atom stereocenters. The first-order valence-electron chi connectivity index (χ1n) is 6.80. The minimum absolute atomic E-state index is 0. The Bertz CT molecular complexity index is 247. The van der Waals surface area contributed by atoms with Crippen LogP contribution in [0.2, 0.25) is 0 Å². The number of unbranched alkanes of at least 4 members (excludes halogenated alkanes) is 5. The fourth-order valence-corrected chi connectivity index (χ4v) is 1.77. The maximum absolute atomic E-state index is 8.74. The van der Waals surface area contributed by atoms with Crippen LogP contribution in [-0.4, -0.2) is 17.5 Å². The molecule has 0 amide bonds. The van der Waals surface area contributed by atoms with Crippen LogP contribution in [0, 0.1) is 12.8 Å². The molecule has 0 aromatic carbocycles. The molecule has 4 nitrogen and oxygen atoms in total. The van der Waals surface area contributed by atoms with E-state index in [1.54, 1.807) is 0 Å². The van der Waals surface area contributed by atoms with Crippen molar-refractivity contribution in [3.05, 3.63) is 6.92 Å². The summed E-state index contributed by atoms with van der Waals surface area (Å²) in [7, 11) is -4.67. The van der Waals surface area contributed by atoms with Crippen LogP contribution in [0.4, 0.5) is 0 Å². The third kappa shape index (κ3) is 38.1. The Morgan fingerprint density at radius 2 is 1.42 bits per heavy atom. The molecule has 6 heteroatoms. The Morgan fingerprint density at radius 1 is 1.00 bits per heavy atom. The minimum atomic E-state index is -4.67. The van der Waals surface area contributed by atoms with E-state index >= 15 is 0 Å². The first-order chi connectivity index (χ1) is 8.31. The summed E-state index contributed by atoms with van der Waals surface area (Å²) < 4.78 is 31.6. The van der Waals surface area contributed by atoms with Gasteiger partial charge in [0.25, 0.3) is 0 Å². The third-order valence-corrected chi connectivity index (χ3v) is 2.75. The van der Waals surface area contributed by atoms with Crippen LogP contribution in [0.5, 0.6) is 0 Å². The molecule has 0 saturated heterocycles. The summed E-state index contributed by atoms with van der Waals surface area (Å²) in [4.78, 5) is 0. The third-order valence-electron chi connectivity index (χ3n) is 2.75. The zero-order valence-corrected chi connectivity index (χ0v) is 15.6. The van der Waals surface area contributed by atoms with Gasteiger partial charge in [0.2, 0.25) is 0 Å². The topological polar surface area (TPSA) is 74.6 Å². The molecule has 112 valence electrons. The van der Waals surface area contributed by atoms with Gasteiger partial charge in [-0.05, 0) is 5.92 Å². The summed E-state index contributed by atoms with van der Waals surface area (Å²) in [6.45, 7) is 8.53. The van der Waals surface area contributed by atoms with Crippen molar-refractivity contribution in [2.75, 3.05) is 0 Å². The molecule has 0 saturated carbocycles. The average Bonchev–Trinajstić information content (AvgIpc) is 2.21. The van der Waals surface area contributed by atoms with Gasteiger partial charge < -0.3 is 6.92 Å². The second-order valence-corrected chi connectivity index (χ2v) is 5.65. The summed E-state index contributed by atoms with van der Waals surface area (Å²) in [6.07, 6.45) is 12.4. The molecule has 0 bridgehead atoms. The molecule has 0 aromatic heterocycles. The molecule has 1 unspecified atom stereocenters. The smallest absolute Gasteiger partial charge is 0.343 e. The van der Waals surface area contributed by atoms with Gasteiger partial charge in [0, 0.05) is 0 Å². The number of hydrogen-bond acceptors (Lipinski definition) is 2. The van der Waals surface area contributed by atoms with E-state index in [4.69, 9.17) is 17.5 Å². The molecule has 2 N–H and O–H groups in total. The zero-order chi connectivity index (χ0) is 14.4. The Balaban J connectivity index is -0.000000366. The van der Waals surface area contributed by atoms with Gasteiger partial charge in [-0.25, -0.2) is 0 Å². The quantitative estimate of drug-likeness (QED) is 0.292. The van der Waals surface area contributed by atoms with Crippen LogP contribution < -0.4 is 29.6 Å². The van der Waals surface area contributed by atoms with E-state index in [0.717, 1.165) is 12.3 Å². The van der Waals surface area contributed by atoms with Gasteiger partial charge in [-0.2, -0.15) is 14.8 Å². The van der Waals surface area contributed by atoms with Gasteiger partial charge in [-0.1, -0.05) is 65.2 Å². The molecule has 0 spiro atoms. The normalized spacial score (nSPS) is 12.1. The summed E-state index contributed by atoms with van der Waals surface area (Å²) in [5, 5.41) is 0. The molecule has 0 heterocycles. The van der Waals surface area contributed by atoms with E-state index in [2.05, 4.69) is 20.8 Å². The van der Waals surface area contributed by atoms with Gasteiger partial charge in [0.1, 0.15) is 0 Å². The van der Waals surface area contributed by atoms with Gasteiger partial charge in [-0.15, -0.1) is 0 Å². The van der Waals surface area contributed by atoms with Crippen LogP contribution in [-0.2, 0) is 10.4 Å². The first kappa shape index (κ1) is 24.9. The molecule has 0 aliphatic heterocycles. The van der Waals surface area contributed by atoms with Gasteiger partial charge in [-0.3, -0.25) is 9.11 Å². The second kappa shape index (κ2) is 16.9. The molecular formula is C13H29NaO4S. The van der Waals surface area contributed by atoms with Crippen LogP contribution in [0.1, 0.15) is 71.6 Å². The van der Waals surface area contributed by atoms with E-state index < -0.39 is 10.4 Å². The molecular weight excluding hydrogens is 275 g/mol. The molecule has 0 aliphatic carbocycles. The van der Waals surface area contributed by atoms with E-state index in [1.165, 1.54) is 51.4 Å². The second-order valence-electron chi connectivity index (χ2n) is 4.75. The molecule has 0 aliphatic rings. The van der Waals surface area contributed by atoms with Crippen molar-refractivity contribution in [3.63, 3.8) is 0 Å². The summed E-state index contributed by atoms with van der Waals surface area (Å²) in [5.74, 6) is 0.906. The number of rotatable bonds is 9. The Kier molecular flexibility index (Phi) is 22.1. The molecule has 0 rings (SSSR count). The van der Waals surface area contributed by atoms with Crippen LogP contribution in [0.3, 0.4) is 0 Å². The molecule has 0 radical (unpaired) electrons. The van der Waals surface area contributed by atoms with Crippen molar-refractivity contribution in [3.8, 4) is 0 Å². The molecule has 0 aromatic rings. The van der Waals surface area contributed by atoms with E-state index in [1.807, 2.05) is 0 Å². The van der Waals surface area contributed by atoms with Gasteiger partial charge in [0.05, 0.1) is 0 Å². The fraction of sp³-hybridized carbons (Fsp3) is 0.923. The van der Waals surface area contributed by atoms with E-state index in [-0.39, 0.29) is 29.6 Å². The number of hydrogen-bond donors (Lipinski definition) is 2. The van der Waals surface area contributed by atoms with Gasteiger partial charge in [0.15, 0.2) is 0 Å². The van der Waals surface area contributed by atoms with E-state index in [9.17, 15) is 0 Å². The van der Waals surface area contributed by atoms with Crippen LogP contribution in [0.25, 0.3) is 0 Å². The first-order valence-corrected chi connectivity index (χ1v) is 8.20. The van der Waals surface area contributed by atoms with Crippen LogP contribution in [0.15, 0.2) is 0 Å². The zero-order valence-electron chi connectivity index (χ0n) is 12.8. The van der Waals surface area contributed by atoms with Crippen molar-refractivity contribution in [1.29, 1.82) is 0 Å². The van der Waals surface area contributed by atoms with Crippen molar-refractivity contribution in [2.45, 2.75) is 71.6 Å². The Labute approximate surface area is 141 Å². The predicted molar refractivity (Wildman–Crippen MR) is 75.9 cm³/mol. The Hall–Kier alpha value is 0.870. The minimum Gasteiger partial charge on any atom is -0.343 e. The maximum Gasteiger partial charge on any atom is 1.00 e. The Morgan fingerprint density at radius 3 is 1.84 bits per heavy atom. The van der Waals surface area contributed by atoms with Crippen molar-refractivity contribution < 1.29 is 47.1 Å². The van der Waals surface area contributed by atoms with E-state index in [0.29, 0.717) is 0 Å². The largest absolute Gasteiger partial charge is 1.00 e. The standard InChI is InChI=1S/C13H27.Na.H2O4S/c1-4-6-7-8-9-10-12-13(3)11-5-2;;1-5(2,3)4/h13H,2,4-12H2,1,3H3;;(H2,1,2,3,4)/q-1;+1;. The maximum atomic E-state index is 8.74. The SMILES string of the molecule is O=S(=O)(O)O.[CH2-]CCC(C)CCCCCCCC.[Na+]. The van der Waals surface area contributed by atoms with Crippen molar-refractivity contribution in [1.82, 2.24) is 0 Å². The predicted octanol–water partition coefficient (Wildman–Crippen LogP) is 1.34. The van der Waals surface area contributed by atoms with Gasteiger partial charge >= 0.3 is 40.0 Å².